The van der Waals surface area contributed by atoms with Crippen LogP contribution < -0.4 is 0 Å². The second-order valence-corrected chi connectivity index (χ2v) is 7.33. The van der Waals surface area contributed by atoms with Gasteiger partial charge in [-0.3, -0.25) is 9.36 Å². The third kappa shape index (κ3) is 4.67. The summed E-state index contributed by atoms with van der Waals surface area (Å²) >= 11 is 0. The van der Waals surface area contributed by atoms with Gasteiger partial charge in [0.05, 0.1) is 35.5 Å². The predicted molar refractivity (Wildman–Crippen MR) is 116 cm³/mol. The Kier molecular flexibility index (Phi) is 7.04. The van der Waals surface area contributed by atoms with Crippen LogP contribution in [-0.2, 0) is 6.54 Å². The number of aliphatic imine (C=N–C) groups is 1. The maximum atomic E-state index is 9.04. The summed E-state index contributed by atoms with van der Waals surface area (Å²) in [4.78, 5) is 7.13. The number of likely N-dealkylation sites (N-methyl/N-ethyl adjacent to an activating group) is 1. The van der Waals surface area contributed by atoms with E-state index in [0.29, 0.717) is 19.0 Å². The molecule has 0 saturated carbocycles. The molecular weight excluding hydrogens is 364 g/mol. The van der Waals surface area contributed by atoms with Gasteiger partial charge in [0.15, 0.2) is 0 Å². The van der Waals surface area contributed by atoms with Crippen molar-refractivity contribution in [2.75, 3.05) is 13.7 Å². The molecule has 0 radical (unpaired) electrons. The van der Waals surface area contributed by atoms with Gasteiger partial charge in [0.1, 0.15) is 0 Å². The number of allylic oxidation sites excluding steroid dienone is 2. The molecule has 1 aliphatic heterocycles. The van der Waals surface area contributed by atoms with E-state index >= 15 is 0 Å². The van der Waals surface area contributed by atoms with Crippen molar-refractivity contribution >= 4 is 11.4 Å². The molecule has 0 aliphatic carbocycles. The van der Waals surface area contributed by atoms with Gasteiger partial charge in [-0.25, -0.2) is 4.99 Å². The quantitative estimate of drug-likeness (QED) is 0.699. The van der Waals surface area contributed by atoms with Crippen molar-refractivity contribution in [1.82, 2.24) is 24.5 Å². The summed E-state index contributed by atoms with van der Waals surface area (Å²) in [5.41, 5.74) is 4.90. The molecule has 0 bridgehead atoms. The van der Waals surface area contributed by atoms with Gasteiger partial charge >= 0.3 is 0 Å². The largest absolute Gasteiger partial charge is 0.396 e. The fourth-order valence-electron chi connectivity index (χ4n) is 3.59. The molecule has 2 aromatic heterocycles. The lowest BCUT2D eigenvalue weighted by Gasteiger charge is -2.25. The molecule has 0 fully saturated rings. The first kappa shape index (κ1) is 21.0. The second kappa shape index (κ2) is 9.69. The van der Waals surface area contributed by atoms with Crippen LogP contribution in [0.4, 0.5) is 0 Å². The third-order valence-electron chi connectivity index (χ3n) is 5.23. The number of nitrogens with zero attached hydrogens (tertiary/aromatic N) is 6. The van der Waals surface area contributed by atoms with Crippen molar-refractivity contribution < 1.29 is 5.11 Å². The zero-order valence-corrected chi connectivity index (χ0v) is 17.9. The normalized spacial score (nSPS) is 15.9. The summed E-state index contributed by atoms with van der Waals surface area (Å²) in [5, 5.41) is 18.1. The molecule has 29 heavy (non-hydrogen) atoms. The smallest absolute Gasteiger partial charge is 0.0974 e. The molecule has 7 heteroatoms. The Bertz CT molecular complexity index is 900. The molecule has 2 aromatic rings. The lowest BCUT2D eigenvalue weighted by molar-refractivity contribution is 0.277. The fourth-order valence-corrected chi connectivity index (χ4v) is 3.59. The molecule has 0 saturated heterocycles. The Labute approximate surface area is 173 Å². The standard InChI is InChI=1S/C22H32N6O/c1-5-9-21-22(18-13-24-28(15-18)19(6-2)7-3)25-20(16-26(21)4)17-12-23-27(14-17)10-8-11-29/h9,12-16,19,29H,5-8,10-11H2,1-4H3/b21-9-. The van der Waals surface area contributed by atoms with Crippen molar-refractivity contribution in [2.24, 2.45) is 4.99 Å². The highest BCUT2D eigenvalue weighted by Crippen LogP contribution is 2.27. The molecule has 1 aliphatic rings. The van der Waals surface area contributed by atoms with E-state index in [2.05, 4.69) is 59.9 Å². The summed E-state index contributed by atoms with van der Waals surface area (Å²) in [7, 11) is 2.05. The zero-order chi connectivity index (χ0) is 20.8. The van der Waals surface area contributed by atoms with Gasteiger partial charge < -0.3 is 10.0 Å². The number of aromatic nitrogens is 4. The molecule has 0 amide bonds. The molecule has 0 unspecified atom stereocenters. The molecule has 3 rings (SSSR count). The van der Waals surface area contributed by atoms with Gasteiger partial charge in [0.25, 0.3) is 0 Å². The van der Waals surface area contributed by atoms with E-state index < -0.39 is 0 Å². The SMILES string of the molecule is CC/C=C1/C(c2cnn(C(CC)CC)c2)=NC(c2cnn(CCCO)c2)=CN1C. The lowest BCUT2D eigenvalue weighted by atomic mass is 10.1. The Balaban J connectivity index is 1.97. The number of aliphatic hydroxyl groups excluding tert-OH is 1. The van der Waals surface area contributed by atoms with Gasteiger partial charge in [-0.1, -0.05) is 26.8 Å². The van der Waals surface area contributed by atoms with Crippen molar-refractivity contribution in [1.29, 1.82) is 0 Å². The Morgan fingerprint density at radius 1 is 1.07 bits per heavy atom. The molecule has 1 N–H and O–H groups in total. The number of rotatable bonds is 9. The van der Waals surface area contributed by atoms with Crippen LogP contribution in [0.1, 0.15) is 63.6 Å². The van der Waals surface area contributed by atoms with Crippen LogP contribution in [0, 0.1) is 0 Å². The first-order valence-corrected chi connectivity index (χ1v) is 10.5. The average Bonchev–Trinajstić information content (AvgIpc) is 3.39. The molecule has 156 valence electrons. The average molecular weight is 397 g/mol. The molecule has 0 atom stereocenters. The summed E-state index contributed by atoms with van der Waals surface area (Å²) in [6.07, 6.45) is 15.8. The van der Waals surface area contributed by atoms with E-state index in [9.17, 15) is 0 Å². The minimum absolute atomic E-state index is 0.161. The third-order valence-corrected chi connectivity index (χ3v) is 5.23. The van der Waals surface area contributed by atoms with Crippen LogP contribution in [-0.4, -0.2) is 48.9 Å². The van der Waals surface area contributed by atoms with Crippen LogP contribution in [0.25, 0.3) is 5.70 Å². The Morgan fingerprint density at radius 2 is 1.83 bits per heavy atom. The fraction of sp³-hybridized carbons (Fsp3) is 0.500. The van der Waals surface area contributed by atoms with Gasteiger partial charge in [0.2, 0.25) is 0 Å². The van der Waals surface area contributed by atoms with Crippen molar-refractivity contribution in [2.45, 2.75) is 59.0 Å². The van der Waals surface area contributed by atoms with Crippen LogP contribution in [0.5, 0.6) is 0 Å². The summed E-state index contributed by atoms with van der Waals surface area (Å²) in [6, 6.07) is 0.407. The van der Waals surface area contributed by atoms with Crippen molar-refractivity contribution in [3.05, 3.63) is 53.9 Å². The van der Waals surface area contributed by atoms with Crippen molar-refractivity contribution in [3.63, 3.8) is 0 Å². The minimum Gasteiger partial charge on any atom is -0.396 e. The van der Waals surface area contributed by atoms with E-state index in [-0.39, 0.29) is 6.61 Å². The first-order valence-electron chi connectivity index (χ1n) is 10.5. The van der Waals surface area contributed by atoms with E-state index in [0.717, 1.165) is 47.5 Å². The molecule has 0 spiro atoms. The second-order valence-electron chi connectivity index (χ2n) is 7.33. The monoisotopic (exact) mass is 396 g/mol. The van der Waals surface area contributed by atoms with Gasteiger partial charge in [-0.15, -0.1) is 0 Å². The molecule has 3 heterocycles. The molecular formula is C22H32N6O. The van der Waals surface area contributed by atoms with Gasteiger partial charge in [-0.2, -0.15) is 10.2 Å². The van der Waals surface area contributed by atoms with Crippen molar-refractivity contribution in [3.8, 4) is 0 Å². The number of hydrogen-bond donors (Lipinski definition) is 1. The number of hydrogen-bond acceptors (Lipinski definition) is 5. The van der Waals surface area contributed by atoms with Gasteiger partial charge in [0, 0.05) is 49.9 Å². The summed E-state index contributed by atoms with van der Waals surface area (Å²) in [6.45, 7) is 7.38. The summed E-state index contributed by atoms with van der Waals surface area (Å²) in [5.74, 6) is 0. The minimum atomic E-state index is 0.161. The van der Waals surface area contributed by atoms with Crippen LogP contribution in [0.2, 0.25) is 0 Å². The Morgan fingerprint density at radius 3 is 2.52 bits per heavy atom. The van der Waals surface area contributed by atoms with Crippen LogP contribution in [0.3, 0.4) is 0 Å². The van der Waals surface area contributed by atoms with Crippen LogP contribution >= 0.6 is 0 Å². The number of aliphatic hydroxyl groups is 1. The highest BCUT2D eigenvalue weighted by Gasteiger charge is 2.22. The van der Waals surface area contributed by atoms with E-state index in [1.54, 1.807) is 0 Å². The van der Waals surface area contributed by atoms with E-state index in [1.165, 1.54) is 0 Å². The van der Waals surface area contributed by atoms with E-state index in [4.69, 9.17) is 10.1 Å². The highest BCUT2D eigenvalue weighted by molar-refractivity contribution is 6.15. The number of aryl methyl sites for hydroxylation is 1. The highest BCUT2D eigenvalue weighted by atomic mass is 16.3. The molecule has 7 nitrogen and oxygen atoms in total. The van der Waals surface area contributed by atoms with Gasteiger partial charge in [-0.05, 0) is 25.7 Å². The molecule has 0 aromatic carbocycles. The first-order chi connectivity index (χ1) is 14.1. The topological polar surface area (TPSA) is 71.5 Å². The maximum absolute atomic E-state index is 9.04. The van der Waals surface area contributed by atoms with E-state index in [1.807, 2.05) is 29.5 Å². The Hall–Kier alpha value is -2.67. The predicted octanol–water partition coefficient (Wildman–Crippen LogP) is 3.85. The summed E-state index contributed by atoms with van der Waals surface area (Å²) < 4.78 is 3.91. The lowest BCUT2D eigenvalue weighted by Crippen LogP contribution is -2.23. The van der Waals surface area contributed by atoms with Crippen LogP contribution in [0.15, 0.2) is 47.8 Å². The zero-order valence-electron chi connectivity index (χ0n) is 17.9. The maximum Gasteiger partial charge on any atom is 0.0974 e.